The van der Waals surface area contributed by atoms with Crippen LogP contribution in [0.2, 0.25) is 0 Å². The first-order chi connectivity index (χ1) is 9.67. The van der Waals surface area contributed by atoms with Crippen molar-refractivity contribution in [2.45, 2.75) is 46.1 Å². The number of benzene rings is 1. The van der Waals surface area contributed by atoms with E-state index in [9.17, 15) is 9.90 Å². The molecule has 20 heavy (non-hydrogen) atoms. The molecule has 2 aromatic rings. The van der Waals surface area contributed by atoms with E-state index in [-0.39, 0.29) is 0 Å². The van der Waals surface area contributed by atoms with Gasteiger partial charge in [-0.1, -0.05) is 51.3 Å². The van der Waals surface area contributed by atoms with Crippen LogP contribution in [0.5, 0.6) is 0 Å². The van der Waals surface area contributed by atoms with Crippen LogP contribution in [0.25, 0.3) is 10.9 Å². The minimum atomic E-state index is -0.846. The number of aromatic nitrogens is 1. The van der Waals surface area contributed by atoms with Crippen LogP contribution in [0.15, 0.2) is 30.5 Å². The van der Waals surface area contributed by atoms with Crippen molar-refractivity contribution in [1.29, 1.82) is 0 Å². The minimum Gasteiger partial charge on any atom is -0.478 e. The Bertz CT molecular complexity index is 586. The Labute approximate surface area is 120 Å². The van der Waals surface area contributed by atoms with Gasteiger partial charge in [0.2, 0.25) is 0 Å². The standard InChI is InChI=1S/C17H23NO2/c1-3-5-8-13(4-2)11-18-12-15(17(19)20)14-9-6-7-10-16(14)18/h6-7,9-10,12-13H,3-5,8,11H2,1-2H3,(H,19,20). The van der Waals surface area contributed by atoms with E-state index in [0.29, 0.717) is 11.5 Å². The average molecular weight is 273 g/mol. The Morgan fingerprint density at radius 1 is 1.30 bits per heavy atom. The summed E-state index contributed by atoms with van der Waals surface area (Å²) in [6.07, 6.45) is 6.59. The Morgan fingerprint density at radius 2 is 2.05 bits per heavy atom. The van der Waals surface area contributed by atoms with Crippen LogP contribution in [0.3, 0.4) is 0 Å². The van der Waals surface area contributed by atoms with Crippen LogP contribution in [0, 0.1) is 5.92 Å². The zero-order chi connectivity index (χ0) is 14.5. The first-order valence-corrected chi connectivity index (χ1v) is 7.48. The molecule has 1 aromatic heterocycles. The Kier molecular flexibility index (Phi) is 4.83. The summed E-state index contributed by atoms with van der Waals surface area (Å²) in [5.74, 6) is -0.228. The van der Waals surface area contributed by atoms with Crippen molar-refractivity contribution in [2.75, 3.05) is 0 Å². The smallest absolute Gasteiger partial charge is 0.337 e. The van der Waals surface area contributed by atoms with Crippen LogP contribution in [0.4, 0.5) is 0 Å². The lowest BCUT2D eigenvalue weighted by Gasteiger charge is -2.16. The van der Waals surface area contributed by atoms with Gasteiger partial charge in [0, 0.05) is 23.6 Å². The van der Waals surface area contributed by atoms with E-state index < -0.39 is 5.97 Å². The third-order valence-electron chi connectivity index (χ3n) is 4.02. The molecule has 1 N–H and O–H groups in total. The molecule has 0 bridgehead atoms. The fourth-order valence-corrected chi connectivity index (χ4v) is 2.76. The summed E-state index contributed by atoms with van der Waals surface area (Å²) in [5, 5.41) is 10.2. The lowest BCUT2D eigenvalue weighted by molar-refractivity contribution is 0.0698. The number of carboxylic acid groups (broad SMARTS) is 1. The van der Waals surface area contributed by atoms with Gasteiger partial charge in [-0.3, -0.25) is 0 Å². The monoisotopic (exact) mass is 273 g/mol. The molecule has 1 heterocycles. The van der Waals surface area contributed by atoms with Crippen LogP contribution in [-0.4, -0.2) is 15.6 Å². The molecule has 1 aromatic carbocycles. The second-order valence-electron chi connectivity index (χ2n) is 5.43. The molecule has 108 valence electrons. The van der Waals surface area contributed by atoms with Crippen molar-refractivity contribution < 1.29 is 9.90 Å². The van der Waals surface area contributed by atoms with E-state index >= 15 is 0 Å². The number of hydrogen-bond donors (Lipinski definition) is 1. The average Bonchev–Trinajstić information content (AvgIpc) is 2.82. The van der Waals surface area contributed by atoms with E-state index in [1.807, 2.05) is 24.3 Å². The van der Waals surface area contributed by atoms with E-state index in [0.717, 1.165) is 23.9 Å². The molecular weight excluding hydrogens is 250 g/mol. The number of fused-ring (bicyclic) bond motifs is 1. The molecule has 1 atom stereocenters. The number of unbranched alkanes of at least 4 members (excludes halogenated alkanes) is 1. The van der Waals surface area contributed by atoms with Crippen LogP contribution >= 0.6 is 0 Å². The van der Waals surface area contributed by atoms with E-state index in [1.165, 1.54) is 19.3 Å². The van der Waals surface area contributed by atoms with Gasteiger partial charge in [0.25, 0.3) is 0 Å². The number of rotatable bonds is 7. The maximum absolute atomic E-state index is 11.3. The lowest BCUT2D eigenvalue weighted by Crippen LogP contribution is -2.09. The second kappa shape index (κ2) is 6.60. The molecule has 0 aliphatic carbocycles. The summed E-state index contributed by atoms with van der Waals surface area (Å²) in [6, 6.07) is 7.77. The highest BCUT2D eigenvalue weighted by Crippen LogP contribution is 2.24. The Balaban J connectivity index is 2.31. The SMILES string of the molecule is CCCCC(CC)Cn1cc(C(=O)O)c2ccccc21. The van der Waals surface area contributed by atoms with Crippen molar-refractivity contribution in [1.82, 2.24) is 4.57 Å². The third-order valence-corrected chi connectivity index (χ3v) is 4.02. The summed E-state index contributed by atoms with van der Waals surface area (Å²) >= 11 is 0. The highest BCUT2D eigenvalue weighted by atomic mass is 16.4. The van der Waals surface area contributed by atoms with Crippen LogP contribution in [-0.2, 0) is 6.54 Å². The number of nitrogens with zero attached hydrogens (tertiary/aromatic N) is 1. The topological polar surface area (TPSA) is 42.2 Å². The summed E-state index contributed by atoms with van der Waals surface area (Å²) in [4.78, 5) is 11.3. The van der Waals surface area contributed by atoms with Gasteiger partial charge in [0.1, 0.15) is 0 Å². The largest absolute Gasteiger partial charge is 0.478 e. The molecule has 0 fully saturated rings. The highest BCUT2D eigenvalue weighted by Gasteiger charge is 2.15. The number of aromatic carboxylic acids is 1. The van der Waals surface area contributed by atoms with Gasteiger partial charge in [0.05, 0.1) is 5.56 Å². The molecule has 0 saturated carbocycles. The molecule has 3 nitrogen and oxygen atoms in total. The Morgan fingerprint density at radius 3 is 2.70 bits per heavy atom. The molecular formula is C17H23NO2. The lowest BCUT2D eigenvalue weighted by atomic mass is 9.99. The molecule has 3 heteroatoms. The van der Waals surface area contributed by atoms with Crippen LogP contribution < -0.4 is 0 Å². The quantitative estimate of drug-likeness (QED) is 0.803. The normalized spacial score (nSPS) is 12.7. The zero-order valence-corrected chi connectivity index (χ0v) is 12.3. The van der Waals surface area contributed by atoms with Gasteiger partial charge in [-0.2, -0.15) is 0 Å². The molecule has 0 radical (unpaired) electrons. The van der Waals surface area contributed by atoms with E-state index in [1.54, 1.807) is 6.20 Å². The molecule has 0 aliphatic heterocycles. The van der Waals surface area contributed by atoms with Crippen molar-refractivity contribution in [3.63, 3.8) is 0 Å². The van der Waals surface area contributed by atoms with E-state index in [2.05, 4.69) is 18.4 Å². The van der Waals surface area contributed by atoms with Gasteiger partial charge in [-0.15, -0.1) is 0 Å². The fourth-order valence-electron chi connectivity index (χ4n) is 2.76. The Hall–Kier alpha value is -1.77. The van der Waals surface area contributed by atoms with Gasteiger partial charge < -0.3 is 9.67 Å². The van der Waals surface area contributed by atoms with Gasteiger partial charge in [-0.05, 0) is 18.4 Å². The first-order valence-electron chi connectivity index (χ1n) is 7.48. The maximum atomic E-state index is 11.3. The molecule has 1 unspecified atom stereocenters. The predicted molar refractivity (Wildman–Crippen MR) is 82.2 cm³/mol. The summed E-state index contributed by atoms with van der Waals surface area (Å²) in [6.45, 7) is 5.33. The predicted octanol–water partition coefficient (Wildman–Crippen LogP) is 4.56. The summed E-state index contributed by atoms with van der Waals surface area (Å²) in [7, 11) is 0. The third kappa shape index (κ3) is 3.03. The highest BCUT2D eigenvalue weighted by molar-refractivity contribution is 6.03. The molecule has 0 saturated heterocycles. The summed E-state index contributed by atoms with van der Waals surface area (Å²) in [5.41, 5.74) is 1.44. The molecule has 0 aliphatic rings. The van der Waals surface area contributed by atoms with Crippen LogP contribution in [0.1, 0.15) is 49.9 Å². The van der Waals surface area contributed by atoms with Crippen molar-refractivity contribution in [2.24, 2.45) is 5.92 Å². The first kappa shape index (κ1) is 14.6. The van der Waals surface area contributed by atoms with Gasteiger partial charge in [0.15, 0.2) is 0 Å². The number of carboxylic acids is 1. The van der Waals surface area contributed by atoms with Crippen molar-refractivity contribution in [3.8, 4) is 0 Å². The number of hydrogen-bond acceptors (Lipinski definition) is 1. The zero-order valence-electron chi connectivity index (χ0n) is 12.3. The van der Waals surface area contributed by atoms with Crippen molar-refractivity contribution in [3.05, 3.63) is 36.0 Å². The number of para-hydroxylation sites is 1. The molecule has 0 amide bonds. The molecule has 2 rings (SSSR count). The van der Waals surface area contributed by atoms with Gasteiger partial charge >= 0.3 is 5.97 Å². The van der Waals surface area contributed by atoms with Crippen molar-refractivity contribution >= 4 is 16.9 Å². The minimum absolute atomic E-state index is 0.408. The second-order valence-corrected chi connectivity index (χ2v) is 5.43. The van der Waals surface area contributed by atoms with Gasteiger partial charge in [-0.25, -0.2) is 4.79 Å². The summed E-state index contributed by atoms with van der Waals surface area (Å²) < 4.78 is 2.11. The van der Waals surface area contributed by atoms with E-state index in [4.69, 9.17) is 0 Å². The number of carbonyl (C=O) groups is 1. The molecule has 0 spiro atoms. The maximum Gasteiger partial charge on any atom is 0.337 e. The fraction of sp³-hybridized carbons (Fsp3) is 0.471.